The average Bonchev–Trinajstić information content (AvgIpc) is 3.40. The van der Waals surface area contributed by atoms with Crippen molar-refractivity contribution in [2.75, 3.05) is 40.9 Å². The van der Waals surface area contributed by atoms with Crippen molar-refractivity contribution in [2.24, 2.45) is 0 Å². The minimum atomic E-state index is -4.70. The predicted octanol–water partition coefficient (Wildman–Crippen LogP) is 20.7. The number of quaternary nitrogens is 1. The van der Waals surface area contributed by atoms with Crippen LogP contribution in [0.2, 0.25) is 0 Å². The summed E-state index contributed by atoms with van der Waals surface area (Å²) >= 11 is 0. The highest BCUT2D eigenvalue weighted by Gasteiger charge is 2.27. The van der Waals surface area contributed by atoms with Gasteiger partial charge < -0.3 is 28.5 Å². The van der Waals surface area contributed by atoms with Crippen LogP contribution in [0.25, 0.3) is 0 Å². The lowest BCUT2D eigenvalue weighted by Crippen LogP contribution is -2.47. The minimum Gasteiger partial charge on any atom is -0.756 e. The molecule has 0 bridgehead atoms. The first-order valence-corrected chi connectivity index (χ1v) is 35.6. The first kappa shape index (κ1) is 76.5. The van der Waals surface area contributed by atoms with Gasteiger partial charge in [0.1, 0.15) is 19.3 Å². The number of carbonyl (C=O) groups excluding carboxylic acids is 2. The number of amides is 1. The molecule has 0 aliphatic carbocycles. The molecule has 1 amide bonds. The third kappa shape index (κ3) is 59.1. The monoisotopic (exact) mass is 1120 g/mol. The van der Waals surface area contributed by atoms with Crippen LogP contribution in [-0.4, -0.2) is 69.4 Å². The smallest absolute Gasteiger partial charge is 0.306 e. The van der Waals surface area contributed by atoms with Crippen LogP contribution in [0.1, 0.15) is 348 Å². The van der Waals surface area contributed by atoms with E-state index in [0.29, 0.717) is 17.4 Å². The Hall–Kier alpha value is -1.51. The Morgan fingerprint density at radius 1 is 0.436 bits per heavy atom. The van der Waals surface area contributed by atoms with Crippen molar-refractivity contribution in [3.8, 4) is 0 Å². The summed E-state index contributed by atoms with van der Waals surface area (Å²) in [5.74, 6) is -0.527. The Bertz CT molecular complexity index is 1380. The number of unbranched alkanes of at least 4 members (excludes halogenated alkanes) is 45. The summed E-state index contributed by atoms with van der Waals surface area (Å²) in [6.07, 6.45) is 70.1. The summed E-state index contributed by atoms with van der Waals surface area (Å²) in [5, 5.41) is 3.04. The molecule has 3 unspecified atom stereocenters. The molecule has 0 aromatic carbocycles. The molecule has 0 saturated heterocycles. The molecule has 10 heteroatoms. The van der Waals surface area contributed by atoms with Gasteiger partial charge in [0.05, 0.1) is 33.8 Å². The lowest BCUT2D eigenvalue weighted by molar-refractivity contribution is -0.870. The van der Waals surface area contributed by atoms with Crippen molar-refractivity contribution < 1.29 is 37.3 Å². The van der Waals surface area contributed by atoms with Crippen molar-refractivity contribution in [3.05, 3.63) is 24.3 Å². The van der Waals surface area contributed by atoms with Crippen LogP contribution in [-0.2, 0) is 27.9 Å². The molecule has 0 spiro atoms. The van der Waals surface area contributed by atoms with Crippen molar-refractivity contribution in [2.45, 2.75) is 360 Å². The number of phosphoric ester groups is 1. The van der Waals surface area contributed by atoms with Gasteiger partial charge in [0.2, 0.25) is 5.91 Å². The second kappa shape index (κ2) is 58.7. The first-order chi connectivity index (χ1) is 37.9. The lowest BCUT2D eigenvalue weighted by Gasteiger charge is -2.30. The molecule has 0 aliphatic rings. The van der Waals surface area contributed by atoms with Crippen molar-refractivity contribution in [1.82, 2.24) is 5.32 Å². The second-order valence-corrected chi connectivity index (χ2v) is 26.1. The van der Waals surface area contributed by atoms with Gasteiger partial charge in [-0.3, -0.25) is 14.2 Å². The molecule has 0 aliphatic heterocycles. The number of allylic oxidation sites excluding steroid dienone is 3. The number of carbonyl (C=O) groups is 2. The van der Waals surface area contributed by atoms with Gasteiger partial charge in [-0.25, -0.2) is 0 Å². The number of ether oxygens (including phenoxy) is 1. The second-order valence-electron chi connectivity index (χ2n) is 24.7. The molecule has 0 fully saturated rings. The van der Waals surface area contributed by atoms with E-state index in [9.17, 15) is 19.0 Å². The number of nitrogens with zero attached hydrogens (tertiary/aromatic N) is 1. The molecular formula is C68H133N2O7P. The predicted molar refractivity (Wildman–Crippen MR) is 335 cm³/mol. The van der Waals surface area contributed by atoms with Crippen LogP contribution in [0.4, 0.5) is 0 Å². The van der Waals surface area contributed by atoms with Crippen molar-refractivity contribution >= 4 is 19.7 Å². The number of likely N-dealkylation sites (N-methyl/N-ethyl adjacent to an activating group) is 1. The Balaban J connectivity index is 5.02. The van der Waals surface area contributed by atoms with Crippen LogP contribution in [0.3, 0.4) is 0 Å². The van der Waals surface area contributed by atoms with Crippen LogP contribution in [0, 0.1) is 0 Å². The highest BCUT2D eigenvalue weighted by atomic mass is 31.2. The number of rotatable bonds is 63. The largest absolute Gasteiger partial charge is 0.756 e. The zero-order chi connectivity index (χ0) is 57.2. The van der Waals surface area contributed by atoms with Gasteiger partial charge in [0.15, 0.2) is 0 Å². The summed E-state index contributed by atoms with van der Waals surface area (Å²) < 4.78 is 30.4. The number of hydrogen-bond donors (Lipinski definition) is 1. The van der Waals surface area contributed by atoms with E-state index in [2.05, 4.69) is 38.2 Å². The highest BCUT2D eigenvalue weighted by Crippen LogP contribution is 2.38. The van der Waals surface area contributed by atoms with E-state index in [0.717, 1.165) is 70.6 Å². The molecule has 0 rings (SSSR count). The fraction of sp³-hybridized carbons (Fsp3) is 0.912. The molecule has 0 saturated carbocycles. The number of phosphoric acid groups is 1. The van der Waals surface area contributed by atoms with Crippen LogP contribution < -0.4 is 10.2 Å². The van der Waals surface area contributed by atoms with E-state index in [1.807, 2.05) is 33.3 Å². The third-order valence-corrected chi connectivity index (χ3v) is 16.6. The van der Waals surface area contributed by atoms with E-state index in [-0.39, 0.29) is 31.5 Å². The maximum Gasteiger partial charge on any atom is 0.306 e. The molecule has 1 N–H and O–H groups in total. The zero-order valence-electron chi connectivity index (χ0n) is 52.9. The number of esters is 1. The number of nitrogens with one attached hydrogen (secondary N) is 1. The summed E-state index contributed by atoms with van der Waals surface area (Å²) in [4.78, 5) is 40.1. The molecule has 0 aromatic heterocycles. The molecule has 0 aromatic rings. The first-order valence-electron chi connectivity index (χ1n) is 34.1. The maximum absolute atomic E-state index is 13.6. The number of hydrogen-bond acceptors (Lipinski definition) is 7. The van der Waals surface area contributed by atoms with Gasteiger partial charge in [-0.05, 0) is 57.4 Å². The van der Waals surface area contributed by atoms with Gasteiger partial charge in [-0.15, -0.1) is 0 Å². The molecule has 0 heterocycles. The summed E-state index contributed by atoms with van der Waals surface area (Å²) in [6, 6.07) is -0.884. The van der Waals surface area contributed by atoms with Crippen LogP contribution >= 0.6 is 7.82 Å². The van der Waals surface area contributed by atoms with Gasteiger partial charge in [-0.2, -0.15) is 0 Å². The fourth-order valence-electron chi connectivity index (χ4n) is 10.3. The van der Waals surface area contributed by atoms with Crippen molar-refractivity contribution in [1.29, 1.82) is 0 Å². The topological polar surface area (TPSA) is 114 Å². The Kier molecular flexibility index (Phi) is 57.5. The van der Waals surface area contributed by atoms with E-state index < -0.39 is 20.0 Å². The summed E-state index contributed by atoms with van der Waals surface area (Å²) in [6.45, 7) is 6.88. The normalized spacial score (nSPS) is 13.7. The molecule has 0 radical (unpaired) electrons. The zero-order valence-corrected chi connectivity index (χ0v) is 53.8. The quantitative estimate of drug-likeness (QED) is 0.0212. The summed E-state index contributed by atoms with van der Waals surface area (Å²) in [7, 11) is 1.20. The van der Waals surface area contributed by atoms with E-state index in [1.54, 1.807) is 0 Å². The van der Waals surface area contributed by atoms with Gasteiger partial charge in [0, 0.05) is 12.8 Å². The molecule has 3 atom stereocenters. The van der Waals surface area contributed by atoms with E-state index >= 15 is 0 Å². The van der Waals surface area contributed by atoms with Crippen molar-refractivity contribution in [3.63, 3.8) is 0 Å². The van der Waals surface area contributed by atoms with Crippen LogP contribution in [0.15, 0.2) is 24.3 Å². The fourth-order valence-corrected chi connectivity index (χ4v) is 11.1. The maximum atomic E-state index is 13.6. The summed E-state index contributed by atoms with van der Waals surface area (Å²) in [5.41, 5.74) is 0. The lowest BCUT2D eigenvalue weighted by atomic mass is 10.0. The van der Waals surface area contributed by atoms with E-state index in [4.69, 9.17) is 13.8 Å². The SMILES string of the molecule is CCCCCC/C=C\CCCCCCCCCC(=O)OC(/C=C\CCCCCCCCCCCC)C(COP(=O)([O-])OCC[N+](C)(C)C)NC(=O)CCCCCCCCCCCCCCCCCCCCCCCCCCC. The van der Waals surface area contributed by atoms with Gasteiger partial charge in [-0.1, -0.05) is 302 Å². The van der Waals surface area contributed by atoms with Crippen LogP contribution in [0.5, 0.6) is 0 Å². The molecule has 78 heavy (non-hydrogen) atoms. The van der Waals surface area contributed by atoms with Gasteiger partial charge in [0.25, 0.3) is 7.82 Å². The van der Waals surface area contributed by atoms with Gasteiger partial charge >= 0.3 is 5.97 Å². The van der Waals surface area contributed by atoms with E-state index in [1.165, 1.54) is 244 Å². The Morgan fingerprint density at radius 3 is 1.10 bits per heavy atom. The minimum absolute atomic E-state index is 0.0192. The third-order valence-electron chi connectivity index (χ3n) is 15.6. The Labute approximate surface area is 485 Å². The molecule has 462 valence electrons. The standard InChI is InChI=1S/C68H133N2O7P/c1-7-10-13-16-19-22-25-28-30-31-32-33-34-35-36-37-38-39-41-42-45-48-51-54-57-60-67(71)69-65(64-76-78(73,74)75-63-62-70(4,5)6)66(59-56-53-50-47-44-27-24-21-18-15-12-9-3)77-68(72)61-58-55-52-49-46-43-40-29-26-23-20-17-14-11-8-2/h23,26,56,59,65-66H,7-22,24-25,27-55,57-58,60-64H2,1-6H3,(H-,69,71,73,74)/b26-23-,59-56-. The molecular weight excluding hydrogens is 988 g/mol. The average molecular weight is 1120 g/mol. The molecule has 9 nitrogen and oxygen atoms in total. The Morgan fingerprint density at radius 2 is 0.744 bits per heavy atom. The highest BCUT2D eigenvalue weighted by molar-refractivity contribution is 7.45.